The molecule has 0 aliphatic carbocycles. The molecule has 0 aromatic carbocycles. The molecular weight excluding hydrogens is 232 g/mol. The van der Waals surface area contributed by atoms with Gasteiger partial charge in [-0.2, -0.15) is 0 Å². The number of ketones is 1. The second-order valence-corrected chi connectivity index (χ2v) is 4.01. The molecule has 4 unspecified atom stereocenters. The largest absolute Gasteiger partial charge is 0.519 e. The van der Waals surface area contributed by atoms with Crippen LogP contribution in [0, 0.1) is 0 Å². The second kappa shape index (κ2) is 3.07. The zero-order valence-corrected chi connectivity index (χ0v) is 8.74. The molecule has 3 heterocycles. The van der Waals surface area contributed by atoms with Crippen LogP contribution in [0.3, 0.4) is 0 Å². The van der Waals surface area contributed by atoms with Crippen LogP contribution in [0.5, 0.6) is 0 Å². The lowest BCUT2D eigenvalue weighted by molar-refractivity contribution is -0.138. The first-order valence-electron chi connectivity index (χ1n) is 5.00. The van der Waals surface area contributed by atoms with E-state index >= 15 is 0 Å². The van der Waals surface area contributed by atoms with E-state index in [0.717, 1.165) is 0 Å². The molecule has 17 heavy (non-hydrogen) atoms. The highest BCUT2D eigenvalue weighted by molar-refractivity contribution is 5.90. The van der Waals surface area contributed by atoms with Crippen molar-refractivity contribution in [1.29, 1.82) is 0 Å². The van der Waals surface area contributed by atoms with Crippen LogP contribution >= 0.6 is 0 Å². The van der Waals surface area contributed by atoms with E-state index in [1.165, 1.54) is 13.0 Å². The number of hydrogen-bond donors (Lipinski definition) is 0. The Labute approximate surface area is 95.3 Å². The van der Waals surface area contributed by atoms with Gasteiger partial charge in [0.2, 0.25) is 0 Å². The monoisotopic (exact) mass is 240 g/mol. The summed E-state index contributed by atoms with van der Waals surface area (Å²) in [6.07, 6.45) is -1.64. The summed E-state index contributed by atoms with van der Waals surface area (Å²) in [5.41, 5.74) is -1.36. The molecule has 0 radical (unpaired) electrons. The van der Waals surface area contributed by atoms with Gasteiger partial charge in [-0.3, -0.25) is 4.79 Å². The quantitative estimate of drug-likeness (QED) is 0.370. The van der Waals surface area contributed by atoms with Gasteiger partial charge in [0, 0.05) is 0 Å². The maximum absolute atomic E-state index is 11.6. The fourth-order valence-corrected chi connectivity index (χ4v) is 2.31. The fraction of sp³-hybridized carbons (Fsp3) is 0.500. The summed E-state index contributed by atoms with van der Waals surface area (Å²) in [4.78, 5) is 33.8. The van der Waals surface area contributed by atoms with Gasteiger partial charge in [-0.15, -0.1) is 0 Å². The lowest BCUT2D eigenvalue weighted by Gasteiger charge is -2.27. The Morgan fingerprint density at radius 3 is 2.71 bits per heavy atom. The predicted octanol–water partition coefficient (Wildman–Crippen LogP) is 0.323. The summed E-state index contributed by atoms with van der Waals surface area (Å²) in [7, 11) is 0. The van der Waals surface area contributed by atoms with E-state index in [4.69, 9.17) is 14.2 Å². The van der Waals surface area contributed by atoms with E-state index in [2.05, 4.69) is 4.74 Å². The first kappa shape index (κ1) is 10.3. The molecule has 3 aliphatic rings. The van der Waals surface area contributed by atoms with Crippen molar-refractivity contribution in [2.45, 2.75) is 30.8 Å². The van der Waals surface area contributed by atoms with Gasteiger partial charge in [0.05, 0.1) is 0 Å². The number of ether oxygens (including phenoxy) is 4. The van der Waals surface area contributed by atoms with Gasteiger partial charge in [-0.05, 0) is 13.0 Å². The SMILES string of the molecule is CC(=O)C12C=CC(O1)C1OC(=O)OC(=O)OC12. The van der Waals surface area contributed by atoms with Gasteiger partial charge in [-0.1, -0.05) is 6.08 Å². The van der Waals surface area contributed by atoms with Crippen molar-refractivity contribution >= 4 is 18.1 Å². The van der Waals surface area contributed by atoms with E-state index in [0.29, 0.717) is 0 Å². The topological polar surface area (TPSA) is 88.1 Å². The molecule has 0 amide bonds. The van der Waals surface area contributed by atoms with Gasteiger partial charge in [0.15, 0.2) is 23.6 Å². The minimum absolute atomic E-state index is 0.325. The number of Topliss-reactive ketones (excluding diaryl/α,β-unsaturated/α-hetero) is 1. The van der Waals surface area contributed by atoms with Crippen molar-refractivity contribution < 1.29 is 33.3 Å². The van der Waals surface area contributed by atoms with E-state index in [1.54, 1.807) is 6.08 Å². The molecular formula is C10H8O7. The molecule has 0 N–H and O–H groups in total. The van der Waals surface area contributed by atoms with Crippen LogP contribution in [0.2, 0.25) is 0 Å². The van der Waals surface area contributed by atoms with Crippen LogP contribution in [0.25, 0.3) is 0 Å². The zero-order valence-electron chi connectivity index (χ0n) is 8.74. The summed E-state index contributed by atoms with van der Waals surface area (Å²) < 4.78 is 19.4. The van der Waals surface area contributed by atoms with Crippen molar-refractivity contribution in [3.63, 3.8) is 0 Å². The Hall–Kier alpha value is -1.89. The average Bonchev–Trinajstić information content (AvgIpc) is 2.73. The summed E-state index contributed by atoms with van der Waals surface area (Å²) in [5.74, 6) is -0.325. The molecule has 0 saturated carbocycles. The highest BCUT2D eigenvalue weighted by atomic mass is 16.8. The molecule has 0 spiro atoms. The first-order chi connectivity index (χ1) is 8.03. The van der Waals surface area contributed by atoms with Crippen molar-refractivity contribution in [3.8, 4) is 0 Å². The molecule has 7 nitrogen and oxygen atoms in total. The molecule has 4 atom stereocenters. The number of cyclic esters (lactones) is 2. The summed E-state index contributed by atoms with van der Waals surface area (Å²) >= 11 is 0. The van der Waals surface area contributed by atoms with Gasteiger partial charge >= 0.3 is 12.3 Å². The van der Waals surface area contributed by atoms with Crippen LogP contribution in [-0.4, -0.2) is 42.0 Å². The highest BCUT2D eigenvalue weighted by Crippen LogP contribution is 2.43. The standard InChI is InChI=1S/C10H8O7/c1-4(11)10-3-2-5(17-10)6-7(10)15-9(13)16-8(12)14-6/h2-3,5-7H,1H3. The average molecular weight is 240 g/mol. The number of carbonyl (C=O) groups is 3. The molecule has 0 aromatic rings. The molecule has 7 heteroatoms. The number of hydrogen-bond acceptors (Lipinski definition) is 7. The Bertz CT molecular complexity index is 454. The third-order valence-electron chi connectivity index (χ3n) is 3.08. The van der Waals surface area contributed by atoms with Crippen LogP contribution in [0.15, 0.2) is 12.2 Å². The molecule has 3 rings (SSSR count). The molecule has 90 valence electrons. The molecule has 2 bridgehead atoms. The van der Waals surface area contributed by atoms with Crippen LogP contribution in [-0.2, 0) is 23.7 Å². The third-order valence-corrected chi connectivity index (χ3v) is 3.08. The Morgan fingerprint density at radius 1 is 1.29 bits per heavy atom. The molecule has 3 aliphatic heterocycles. The van der Waals surface area contributed by atoms with Crippen LogP contribution in [0.4, 0.5) is 9.59 Å². The third kappa shape index (κ3) is 1.22. The second-order valence-electron chi connectivity index (χ2n) is 4.01. The number of fused-ring (bicyclic) bond motifs is 5. The first-order valence-corrected chi connectivity index (χ1v) is 5.00. The van der Waals surface area contributed by atoms with Crippen molar-refractivity contribution in [3.05, 3.63) is 12.2 Å². The van der Waals surface area contributed by atoms with Crippen molar-refractivity contribution in [2.75, 3.05) is 0 Å². The normalized spacial score (nSPS) is 42.3. The maximum atomic E-state index is 11.6. The van der Waals surface area contributed by atoms with Crippen molar-refractivity contribution in [1.82, 2.24) is 0 Å². The zero-order chi connectivity index (χ0) is 12.2. The lowest BCUT2D eigenvalue weighted by atomic mass is 9.86. The van der Waals surface area contributed by atoms with E-state index in [9.17, 15) is 14.4 Å². The minimum Gasteiger partial charge on any atom is -0.423 e. The fourth-order valence-electron chi connectivity index (χ4n) is 2.31. The van der Waals surface area contributed by atoms with Gasteiger partial charge in [0.25, 0.3) is 0 Å². The summed E-state index contributed by atoms with van der Waals surface area (Å²) in [6.45, 7) is 1.32. The number of rotatable bonds is 1. The van der Waals surface area contributed by atoms with Crippen LogP contribution in [0.1, 0.15) is 6.92 Å². The van der Waals surface area contributed by atoms with Crippen LogP contribution < -0.4 is 0 Å². The Kier molecular flexibility index (Phi) is 1.86. The summed E-state index contributed by atoms with van der Waals surface area (Å²) in [5, 5.41) is 0. The molecule has 2 fully saturated rings. The van der Waals surface area contributed by atoms with Gasteiger partial charge in [0.1, 0.15) is 6.10 Å². The maximum Gasteiger partial charge on any atom is 0.519 e. The highest BCUT2D eigenvalue weighted by Gasteiger charge is 2.64. The van der Waals surface area contributed by atoms with Gasteiger partial charge in [-0.25, -0.2) is 9.59 Å². The van der Waals surface area contributed by atoms with E-state index in [1.807, 2.05) is 0 Å². The summed E-state index contributed by atoms with van der Waals surface area (Å²) in [6, 6.07) is 0. The predicted molar refractivity (Wildman–Crippen MR) is 49.0 cm³/mol. The Morgan fingerprint density at radius 2 is 2.00 bits per heavy atom. The van der Waals surface area contributed by atoms with Gasteiger partial charge < -0.3 is 18.9 Å². The minimum atomic E-state index is -1.36. The smallest absolute Gasteiger partial charge is 0.423 e. The number of carbonyl (C=O) groups excluding carboxylic acids is 3. The van der Waals surface area contributed by atoms with E-state index < -0.39 is 36.2 Å². The Balaban J connectivity index is 2.02. The van der Waals surface area contributed by atoms with E-state index in [-0.39, 0.29) is 5.78 Å². The molecule has 2 saturated heterocycles. The molecule has 0 aromatic heterocycles. The van der Waals surface area contributed by atoms with Crippen molar-refractivity contribution in [2.24, 2.45) is 0 Å². The lowest BCUT2D eigenvalue weighted by Crippen LogP contribution is -2.50.